The minimum absolute atomic E-state index is 0.316. The highest BCUT2D eigenvalue weighted by Gasteiger charge is 2.39. The van der Waals surface area contributed by atoms with Crippen molar-refractivity contribution in [1.29, 1.82) is 4.29 Å². The largest absolute Gasteiger partial charge is 0.496 e. The van der Waals surface area contributed by atoms with Gasteiger partial charge in [-0.2, -0.15) is 0 Å². The molecule has 1 aliphatic rings. The van der Waals surface area contributed by atoms with Gasteiger partial charge < -0.3 is 24.6 Å². The summed E-state index contributed by atoms with van der Waals surface area (Å²) in [5.74, 6) is 0. The lowest BCUT2D eigenvalue weighted by molar-refractivity contribution is 0.000966. The summed E-state index contributed by atoms with van der Waals surface area (Å²) in [6.45, 7) is 0. The van der Waals surface area contributed by atoms with E-state index in [1.165, 1.54) is 0 Å². The maximum absolute atomic E-state index is 9.59. The summed E-state index contributed by atoms with van der Waals surface area (Å²) < 4.78 is 20.8. The van der Waals surface area contributed by atoms with E-state index < -0.39 is 21.0 Å². The molecular weight excluding hydrogens is 204 g/mol. The molecule has 0 aromatic heterocycles. The van der Waals surface area contributed by atoms with Crippen molar-refractivity contribution in [2.45, 2.75) is 49.9 Å². The fourth-order valence-electron chi connectivity index (χ4n) is 1.83. The van der Waals surface area contributed by atoms with Gasteiger partial charge in [0.15, 0.2) is 4.29 Å². The van der Waals surface area contributed by atoms with Crippen LogP contribution in [0.1, 0.15) is 32.1 Å². The Morgan fingerprint density at radius 2 is 1.57 bits per heavy atom. The van der Waals surface area contributed by atoms with Crippen molar-refractivity contribution in [1.82, 2.24) is 0 Å². The molecule has 1 aliphatic carbocycles. The predicted molar refractivity (Wildman–Crippen MR) is 51.3 cm³/mol. The van der Waals surface area contributed by atoms with Gasteiger partial charge in [0.2, 0.25) is 0 Å². The molecule has 14 heavy (non-hydrogen) atoms. The van der Waals surface area contributed by atoms with Crippen LogP contribution < -0.4 is 0 Å². The number of hydrogen-bond donors (Lipinski definition) is 5. The fraction of sp³-hybridized carbons (Fsp3) is 1.00. The monoisotopic (exact) mass is 228 g/mol. The maximum atomic E-state index is 9.59. The molecule has 0 saturated heterocycles. The third-order valence-corrected chi connectivity index (χ3v) is 4.38. The highest BCUT2D eigenvalue weighted by atomic mass is 28.4. The number of aliphatic hydroxyl groups is 2. The van der Waals surface area contributed by atoms with E-state index >= 15 is 0 Å². The quantitative estimate of drug-likeness (QED) is 0.396. The number of rotatable bonds is 4. The number of hydrogen-bond acceptors (Lipinski definition) is 5. The average Bonchev–Trinajstić information content (AvgIpc) is 2.35. The second kappa shape index (κ2) is 4.69. The maximum Gasteiger partial charge on any atom is 0.496 e. The molecule has 1 fully saturated rings. The van der Waals surface area contributed by atoms with Crippen molar-refractivity contribution in [3.8, 4) is 0 Å². The first-order valence-electron chi connectivity index (χ1n) is 6.11. The van der Waals surface area contributed by atoms with Gasteiger partial charge in [0.25, 0.3) is 0 Å². The summed E-state index contributed by atoms with van der Waals surface area (Å²) in [7, 11) is -3.62. The zero-order valence-corrected chi connectivity index (χ0v) is 8.89. The van der Waals surface area contributed by atoms with Crippen LogP contribution in [-0.4, -0.2) is 49.9 Å². The topological polar surface area (TPSA) is 101 Å². The van der Waals surface area contributed by atoms with Gasteiger partial charge in [-0.05, 0) is 25.7 Å². The predicted octanol–water partition coefficient (Wildman–Crippen LogP) is -1.04. The van der Waals surface area contributed by atoms with Gasteiger partial charge in [-0.15, -0.1) is 0 Å². The van der Waals surface area contributed by atoms with Crippen molar-refractivity contribution < 1.29 is 24.6 Å². The summed E-state index contributed by atoms with van der Waals surface area (Å²) in [4.78, 5) is 13.1. The Bertz CT molecular complexity index is 223. The SMILES string of the molecule is [3H]O[Si](O[3H])(O[3H])C1CCCC(O)C(O)CC1. The Labute approximate surface area is 88.5 Å². The molecule has 3 atom stereocenters. The highest BCUT2D eigenvalue weighted by Crippen LogP contribution is 2.31. The molecule has 0 radical (unpaired) electrons. The van der Waals surface area contributed by atoms with E-state index in [1.54, 1.807) is 0 Å². The Morgan fingerprint density at radius 1 is 0.929 bits per heavy atom. The molecule has 0 spiro atoms. The summed E-state index contributed by atoms with van der Waals surface area (Å²) in [6.07, 6.45) is 0.748. The van der Waals surface area contributed by atoms with Crippen molar-refractivity contribution in [2.75, 3.05) is 0 Å². The fourth-order valence-corrected chi connectivity index (χ4v) is 2.91. The van der Waals surface area contributed by atoms with Gasteiger partial charge in [0, 0.05) is 5.54 Å². The Balaban J connectivity index is 2.69. The van der Waals surface area contributed by atoms with Crippen LogP contribution in [0, 0.1) is 0 Å². The van der Waals surface area contributed by atoms with Crippen LogP contribution in [0.3, 0.4) is 0 Å². The third-order valence-electron chi connectivity index (χ3n) is 2.81. The van der Waals surface area contributed by atoms with Gasteiger partial charge in [-0.25, -0.2) is 0 Å². The van der Waals surface area contributed by atoms with Gasteiger partial charge in [0.1, 0.15) is 0 Å². The van der Waals surface area contributed by atoms with Crippen LogP contribution >= 0.6 is 0 Å². The average molecular weight is 228 g/mol. The second-order valence-corrected chi connectivity index (χ2v) is 5.97. The molecule has 0 aromatic rings. The van der Waals surface area contributed by atoms with E-state index in [-0.39, 0.29) is 5.54 Å². The van der Waals surface area contributed by atoms with Gasteiger partial charge in [0.05, 0.1) is 12.2 Å². The molecule has 0 bridgehead atoms. The smallest absolute Gasteiger partial charge is 0.390 e. The minimum atomic E-state index is -3.62. The first-order valence-corrected chi connectivity index (χ1v) is 6.69. The highest BCUT2D eigenvalue weighted by molar-refractivity contribution is 6.57. The van der Waals surface area contributed by atoms with E-state index in [2.05, 4.69) is 14.4 Å². The summed E-state index contributed by atoms with van der Waals surface area (Å²) in [5, 5.41) is 19.1. The first-order chi connectivity index (χ1) is 8.09. The molecule has 3 unspecified atom stereocenters. The lowest BCUT2D eigenvalue weighted by Crippen LogP contribution is -2.42. The minimum Gasteiger partial charge on any atom is -0.390 e. The van der Waals surface area contributed by atoms with Gasteiger partial charge in [-0.1, -0.05) is 6.42 Å². The van der Waals surface area contributed by atoms with Crippen molar-refractivity contribution in [3.63, 3.8) is 0 Å². The molecule has 5 N–H and O–H groups in total. The van der Waals surface area contributed by atoms with E-state index in [0.717, 1.165) is 0 Å². The third kappa shape index (κ3) is 3.30. The summed E-state index contributed by atoms with van der Waals surface area (Å²) in [6, 6.07) is 0. The van der Waals surface area contributed by atoms with Crippen LogP contribution in [0.5, 0.6) is 0 Å². The zero-order valence-electron chi connectivity index (χ0n) is 10.9. The standard InChI is InChI=1S/C8H18O5Si/c9-7-3-1-2-6(14(11,12)13)4-5-8(7)10/h6-13H,1-5H2/i11T,12T,13T. The van der Waals surface area contributed by atoms with Crippen LogP contribution in [0.25, 0.3) is 0 Å². The van der Waals surface area contributed by atoms with Crippen molar-refractivity contribution in [2.24, 2.45) is 0 Å². The molecule has 1 rings (SSSR count). The Kier molecular flexibility index (Phi) is 2.75. The van der Waals surface area contributed by atoms with E-state index in [1.807, 2.05) is 0 Å². The van der Waals surface area contributed by atoms with E-state index in [0.29, 0.717) is 32.1 Å². The zero-order chi connectivity index (χ0) is 12.9. The van der Waals surface area contributed by atoms with E-state index in [9.17, 15) is 10.2 Å². The first kappa shape index (κ1) is 8.20. The molecule has 0 aromatic carbocycles. The Hall–Kier alpha value is 0.0169. The second-order valence-electron chi connectivity index (χ2n) is 3.94. The number of aliphatic hydroxyl groups excluding tert-OH is 2. The molecule has 0 aliphatic heterocycles. The molecule has 0 amide bonds. The van der Waals surface area contributed by atoms with Crippen LogP contribution in [0.15, 0.2) is 0 Å². The van der Waals surface area contributed by atoms with Crippen LogP contribution in [-0.2, 0) is 0 Å². The molecular formula is C8H18O5Si. The normalized spacial score (nSPS) is 39.0. The summed E-state index contributed by atoms with van der Waals surface area (Å²) >= 11 is 0. The van der Waals surface area contributed by atoms with Gasteiger partial charge >= 0.3 is 8.80 Å². The molecule has 5 nitrogen and oxygen atoms in total. The lowest BCUT2D eigenvalue weighted by atomic mass is 9.96. The molecule has 1 saturated carbocycles. The molecule has 0 heterocycles. The van der Waals surface area contributed by atoms with Crippen LogP contribution in [0.4, 0.5) is 0 Å². The van der Waals surface area contributed by atoms with Gasteiger partial charge in [-0.3, -0.25) is 0 Å². The van der Waals surface area contributed by atoms with Crippen molar-refractivity contribution in [3.05, 3.63) is 0 Å². The lowest BCUT2D eigenvalue weighted by Gasteiger charge is -2.28. The molecule has 84 valence electrons. The Morgan fingerprint density at radius 3 is 2.21 bits per heavy atom. The molecule has 6 heteroatoms. The van der Waals surface area contributed by atoms with Crippen molar-refractivity contribution >= 4 is 8.80 Å². The van der Waals surface area contributed by atoms with Crippen LogP contribution in [0.2, 0.25) is 5.54 Å². The van der Waals surface area contributed by atoms with E-state index in [4.69, 9.17) is 4.29 Å². The summed E-state index contributed by atoms with van der Waals surface area (Å²) in [5.41, 5.74) is -0.364.